The van der Waals surface area contributed by atoms with Crippen molar-refractivity contribution >= 4 is 17.6 Å². The summed E-state index contributed by atoms with van der Waals surface area (Å²) in [5.41, 5.74) is -0.399. The number of ether oxygens (including phenoxy) is 1. The van der Waals surface area contributed by atoms with E-state index in [9.17, 15) is 41.4 Å². The molecule has 2 fully saturated rings. The molecule has 3 atom stereocenters. The molecule has 0 saturated heterocycles. The highest BCUT2D eigenvalue weighted by molar-refractivity contribution is 6.38. The molecule has 2 aliphatic rings. The Bertz CT molecular complexity index is 1370. The van der Waals surface area contributed by atoms with Gasteiger partial charge in [-0.3, -0.25) is 19.7 Å². The molecule has 2 saturated carbocycles. The molecule has 2 aromatic carbocycles. The van der Waals surface area contributed by atoms with Gasteiger partial charge >= 0.3 is 0 Å². The van der Waals surface area contributed by atoms with Gasteiger partial charge in [0.05, 0.1) is 24.2 Å². The van der Waals surface area contributed by atoms with Crippen LogP contribution in [-0.4, -0.2) is 53.4 Å². The Morgan fingerprint density at radius 3 is 2.11 bits per heavy atom. The van der Waals surface area contributed by atoms with E-state index in [2.05, 4.69) is 16.0 Å². The van der Waals surface area contributed by atoms with Gasteiger partial charge in [-0.25, -0.2) is 22.0 Å². The van der Waals surface area contributed by atoms with Gasteiger partial charge in [0.2, 0.25) is 11.7 Å². The summed E-state index contributed by atoms with van der Waals surface area (Å²) >= 11 is 0. The lowest BCUT2D eigenvalue weighted by atomic mass is 9.80. The van der Waals surface area contributed by atoms with E-state index in [1.807, 2.05) is 0 Å². The molecular weight excluding hydrogens is 613 g/mol. The molecule has 4 N–H and O–H groups in total. The van der Waals surface area contributed by atoms with Gasteiger partial charge in [0, 0.05) is 6.04 Å². The molecule has 4 rings (SSSR count). The zero-order valence-corrected chi connectivity index (χ0v) is 25.8. The fraction of sp³-hybridized carbons (Fsp3) is 0.545. The number of benzene rings is 2. The third kappa shape index (κ3) is 9.17. The number of carbonyl (C=O) groups is 3. The lowest BCUT2D eigenvalue weighted by molar-refractivity contribution is -0.141. The Hall–Kier alpha value is -3.74. The van der Waals surface area contributed by atoms with Crippen molar-refractivity contribution in [2.24, 2.45) is 5.92 Å². The van der Waals surface area contributed by atoms with E-state index in [-0.39, 0.29) is 41.4 Å². The summed E-state index contributed by atoms with van der Waals surface area (Å²) < 4.78 is 77.5. The summed E-state index contributed by atoms with van der Waals surface area (Å²) in [5, 5.41) is 17.3. The van der Waals surface area contributed by atoms with Crippen LogP contribution in [0.15, 0.2) is 30.3 Å². The minimum Gasteiger partial charge on any atom is -0.503 e. The predicted molar refractivity (Wildman–Crippen MR) is 159 cm³/mol. The molecule has 13 heteroatoms. The van der Waals surface area contributed by atoms with Crippen LogP contribution in [0.4, 0.5) is 22.0 Å². The predicted octanol–water partition coefficient (Wildman–Crippen LogP) is 5.41. The Morgan fingerprint density at radius 1 is 0.913 bits per heavy atom. The van der Waals surface area contributed by atoms with E-state index < -0.39 is 71.8 Å². The summed E-state index contributed by atoms with van der Waals surface area (Å²) in [6.45, 7) is 3.33. The average molecular weight is 654 g/mol. The number of hydrogen-bond acceptors (Lipinski definition) is 6. The summed E-state index contributed by atoms with van der Waals surface area (Å²) in [6.07, 6.45) is 1.80. The molecule has 0 aliphatic heterocycles. The zero-order valence-electron chi connectivity index (χ0n) is 25.8. The summed E-state index contributed by atoms with van der Waals surface area (Å²) in [7, 11) is 0. The van der Waals surface area contributed by atoms with E-state index in [0.717, 1.165) is 63.1 Å². The van der Waals surface area contributed by atoms with Crippen molar-refractivity contribution in [2.75, 3.05) is 0 Å². The monoisotopic (exact) mass is 653 g/mol. The molecule has 8 nitrogen and oxygen atoms in total. The van der Waals surface area contributed by atoms with Crippen LogP contribution >= 0.6 is 0 Å². The lowest BCUT2D eigenvalue weighted by Gasteiger charge is -2.31. The van der Waals surface area contributed by atoms with Gasteiger partial charge in [-0.2, -0.15) is 0 Å². The number of halogens is 5. The number of alkyl halides is 2. The zero-order chi connectivity index (χ0) is 33.5. The fourth-order valence-electron chi connectivity index (χ4n) is 5.84. The first-order valence-corrected chi connectivity index (χ1v) is 15.6. The molecule has 0 heterocycles. The summed E-state index contributed by atoms with van der Waals surface area (Å²) in [5.74, 6) is -7.63. The van der Waals surface area contributed by atoms with Crippen molar-refractivity contribution in [3.05, 3.63) is 58.9 Å². The van der Waals surface area contributed by atoms with Crippen LogP contribution in [0.2, 0.25) is 0 Å². The standard InChI is InChI=1S/C33H40F5N3O5/c1-17(2)46-27-11-10-20(16-22(27)34)28(31(37)38)40-26(15-19-12-23(35)29(42)24(36)13-19)32(44)41-25(14-18-6-5-7-18)30(43)33(45)39-21-8-3-4-9-21/h10-13,16-18,21,25-26,28,31,40,42H,3-9,14-15H2,1-2H3,(H,39,45)(H,41,44)/t25-,26-,28-/m0/s1. The quantitative estimate of drug-likeness (QED) is 0.151. The highest BCUT2D eigenvalue weighted by atomic mass is 19.3. The number of rotatable bonds is 15. The summed E-state index contributed by atoms with van der Waals surface area (Å²) in [4.78, 5) is 39.9. The highest BCUT2D eigenvalue weighted by Gasteiger charge is 2.36. The number of phenols is 1. The number of Topliss-reactive ketones (excluding diaryl/α,β-unsaturated/α-hetero) is 1. The second-order valence-electron chi connectivity index (χ2n) is 12.4. The van der Waals surface area contributed by atoms with Crippen molar-refractivity contribution in [1.29, 1.82) is 0 Å². The lowest BCUT2D eigenvalue weighted by Crippen LogP contribution is -2.55. The van der Waals surface area contributed by atoms with Gasteiger partial charge in [0.1, 0.15) is 0 Å². The fourth-order valence-corrected chi connectivity index (χ4v) is 5.84. The second-order valence-corrected chi connectivity index (χ2v) is 12.4. The van der Waals surface area contributed by atoms with Gasteiger partial charge in [0.15, 0.2) is 29.0 Å². The van der Waals surface area contributed by atoms with E-state index in [1.54, 1.807) is 13.8 Å². The number of ketones is 1. The van der Waals surface area contributed by atoms with Crippen molar-refractivity contribution < 1.29 is 46.2 Å². The number of amides is 2. The normalized spacial score (nSPS) is 17.4. The number of aromatic hydroxyl groups is 1. The number of carbonyl (C=O) groups excluding carboxylic acids is 3. The van der Waals surface area contributed by atoms with Crippen molar-refractivity contribution in [3.63, 3.8) is 0 Å². The maximum Gasteiger partial charge on any atom is 0.289 e. The molecule has 2 aliphatic carbocycles. The highest BCUT2D eigenvalue weighted by Crippen LogP contribution is 2.32. The van der Waals surface area contributed by atoms with Gasteiger partial charge in [-0.1, -0.05) is 38.2 Å². The van der Waals surface area contributed by atoms with Crippen LogP contribution in [0.25, 0.3) is 0 Å². The van der Waals surface area contributed by atoms with Gasteiger partial charge in [-0.05, 0) is 80.8 Å². The van der Waals surface area contributed by atoms with Crippen molar-refractivity contribution in [3.8, 4) is 11.5 Å². The number of nitrogens with one attached hydrogen (secondary N) is 3. The molecular formula is C33H40F5N3O5. The topological polar surface area (TPSA) is 117 Å². The smallest absolute Gasteiger partial charge is 0.289 e. The van der Waals surface area contributed by atoms with Crippen LogP contribution < -0.4 is 20.7 Å². The molecule has 252 valence electrons. The maximum atomic E-state index is 14.8. The Kier molecular flexibility index (Phi) is 12.0. The Labute approximate surface area is 264 Å². The third-order valence-electron chi connectivity index (χ3n) is 8.48. The third-order valence-corrected chi connectivity index (χ3v) is 8.48. The minimum atomic E-state index is -3.18. The van der Waals surface area contributed by atoms with Gasteiger partial charge in [0.25, 0.3) is 12.3 Å². The number of phenolic OH excluding ortho intramolecular Hbond substituents is 1. The van der Waals surface area contributed by atoms with Crippen LogP contribution in [0.3, 0.4) is 0 Å². The van der Waals surface area contributed by atoms with E-state index in [4.69, 9.17) is 4.74 Å². The molecule has 46 heavy (non-hydrogen) atoms. The molecule has 0 aromatic heterocycles. The van der Waals surface area contributed by atoms with Gasteiger partial charge in [-0.15, -0.1) is 0 Å². The molecule has 0 unspecified atom stereocenters. The van der Waals surface area contributed by atoms with Crippen LogP contribution in [0.1, 0.15) is 82.4 Å². The largest absolute Gasteiger partial charge is 0.503 e. The maximum absolute atomic E-state index is 14.8. The average Bonchev–Trinajstić information content (AvgIpc) is 3.48. The van der Waals surface area contributed by atoms with E-state index >= 15 is 0 Å². The molecule has 0 spiro atoms. The molecule has 2 amide bonds. The first-order chi connectivity index (χ1) is 21.8. The number of hydrogen-bond donors (Lipinski definition) is 4. The molecule has 0 bridgehead atoms. The Morgan fingerprint density at radius 2 is 1.57 bits per heavy atom. The second kappa shape index (κ2) is 15.7. The Balaban J connectivity index is 1.62. The minimum absolute atomic E-state index is 0.0589. The van der Waals surface area contributed by atoms with E-state index in [1.165, 1.54) is 12.1 Å². The first-order valence-electron chi connectivity index (χ1n) is 15.6. The van der Waals surface area contributed by atoms with Gasteiger partial charge < -0.3 is 20.5 Å². The SMILES string of the molecule is CC(C)Oc1ccc([C@H](N[C@@H](Cc2cc(F)c(O)c(F)c2)C(=O)N[C@@H](CC2CCC2)C(=O)C(=O)NC2CCCC2)C(F)F)cc1F. The molecule has 2 aromatic rings. The van der Waals surface area contributed by atoms with E-state index in [0.29, 0.717) is 0 Å². The van der Waals surface area contributed by atoms with Crippen molar-refractivity contribution in [2.45, 2.75) is 108 Å². The molecule has 0 radical (unpaired) electrons. The van der Waals surface area contributed by atoms with Crippen LogP contribution in [0.5, 0.6) is 11.5 Å². The van der Waals surface area contributed by atoms with Crippen LogP contribution in [0, 0.1) is 23.4 Å². The van der Waals surface area contributed by atoms with Crippen LogP contribution in [-0.2, 0) is 20.8 Å². The summed E-state index contributed by atoms with van der Waals surface area (Å²) in [6, 6.07) is -0.270. The van der Waals surface area contributed by atoms with Crippen molar-refractivity contribution in [1.82, 2.24) is 16.0 Å². The first kappa shape index (κ1) is 35.1.